The van der Waals surface area contributed by atoms with Crippen LogP contribution in [0.3, 0.4) is 0 Å². The highest BCUT2D eigenvalue weighted by Crippen LogP contribution is 2.47. The van der Waals surface area contributed by atoms with Gasteiger partial charge in [-0.15, -0.1) is 0 Å². The van der Waals surface area contributed by atoms with Gasteiger partial charge in [-0.2, -0.15) is 10.2 Å². The summed E-state index contributed by atoms with van der Waals surface area (Å²) in [6, 6.07) is 15.1. The molecule has 0 bridgehead atoms. The van der Waals surface area contributed by atoms with E-state index >= 15 is 0 Å². The lowest BCUT2D eigenvalue weighted by atomic mass is 10.2. The molecule has 2 saturated heterocycles. The largest absolute Gasteiger partial charge is 0.322 e. The molecule has 0 aliphatic carbocycles. The Morgan fingerprint density at radius 3 is 2.28 bits per heavy atom. The zero-order valence-corrected chi connectivity index (χ0v) is 24.7. The molecule has 1 atom stereocenters. The van der Waals surface area contributed by atoms with Gasteiger partial charge in [0.25, 0.3) is 11.8 Å². The molecule has 0 spiro atoms. The summed E-state index contributed by atoms with van der Waals surface area (Å²) < 4.78 is 16.3. The number of nitrogens with zero attached hydrogens (tertiary/aromatic N) is 3. The van der Waals surface area contributed by atoms with E-state index in [1.807, 2.05) is 4.31 Å². The average molecular weight is 588 g/mol. The summed E-state index contributed by atoms with van der Waals surface area (Å²) in [5.41, 5.74) is 2.55. The maximum Gasteiger partial charge on any atom is 0.257 e. The number of rotatable bonds is 5. The van der Waals surface area contributed by atoms with E-state index in [-0.39, 0.29) is 22.0 Å². The summed E-state index contributed by atoms with van der Waals surface area (Å²) in [4.78, 5) is 28.9. The minimum Gasteiger partial charge on any atom is -0.322 e. The molecular weight excluding hydrogens is 554 g/mol. The van der Waals surface area contributed by atoms with Crippen molar-refractivity contribution in [2.75, 3.05) is 59.1 Å². The summed E-state index contributed by atoms with van der Waals surface area (Å²) in [7, 11) is 0.944. The number of anilines is 3. The topological polar surface area (TPSA) is 94.6 Å². The van der Waals surface area contributed by atoms with E-state index in [0.717, 1.165) is 18.7 Å². The van der Waals surface area contributed by atoms with Gasteiger partial charge < -0.3 is 10.6 Å². The number of pyridine rings is 1. The Morgan fingerprint density at radius 1 is 0.974 bits per heavy atom. The molecule has 2 amide bonds. The van der Waals surface area contributed by atoms with E-state index in [0.29, 0.717) is 33.3 Å². The first-order valence-electron chi connectivity index (χ1n) is 12.6. The molecule has 0 radical (unpaired) electrons. The normalized spacial score (nSPS) is 19.1. The fourth-order valence-corrected chi connectivity index (χ4v) is 7.43. The molecule has 2 fully saturated rings. The molecule has 0 saturated carbocycles. The van der Waals surface area contributed by atoms with Crippen molar-refractivity contribution in [2.45, 2.75) is 12.8 Å². The number of amides is 2. The van der Waals surface area contributed by atoms with E-state index in [2.05, 4.69) is 39.5 Å². The van der Waals surface area contributed by atoms with E-state index in [9.17, 15) is 13.8 Å². The highest BCUT2D eigenvalue weighted by atomic mass is 35.5. The summed E-state index contributed by atoms with van der Waals surface area (Å²) in [5, 5.41) is 5.87. The van der Waals surface area contributed by atoms with Crippen LogP contribution < -0.4 is 14.9 Å². The van der Waals surface area contributed by atoms with E-state index < -0.39 is 11.0 Å². The third kappa shape index (κ3) is 7.60. The van der Waals surface area contributed by atoms with E-state index in [4.69, 9.17) is 11.6 Å². The van der Waals surface area contributed by atoms with Crippen molar-refractivity contribution in [1.29, 1.82) is 0 Å². The number of carbonyl (C=O) groups excluding carboxylic acids is 2. The lowest BCUT2D eigenvalue weighted by Gasteiger charge is -2.33. The van der Waals surface area contributed by atoms with Crippen LogP contribution in [0, 0.1) is 0 Å². The van der Waals surface area contributed by atoms with Gasteiger partial charge in [-0.05, 0) is 92.8 Å². The van der Waals surface area contributed by atoms with Crippen molar-refractivity contribution in [2.24, 2.45) is 0 Å². The molecule has 39 heavy (non-hydrogen) atoms. The third-order valence-corrected chi connectivity index (χ3v) is 11.7. The summed E-state index contributed by atoms with van der Waals surface area (Å²) >= 11 is 6.20. The smallest absolute Gasteiger partial charge is 0.257 e. The molecule has 1 unspecified atom stereocenters. The third-order valence-electron chi connectivity index (χ3n) is 6.70. The van der Waals surface area contributed by atoms with Crippen molar-refractivity contribution in [3.05, 3.63) is 83.1 Å². The molecule has 3 aromatic rings. The number of halogens is 1. The molecule has 2 aliphatic rings. The SMILES string of the molecule is CN1CCCS1(C)C.O=C(Nc1ccc(Cl)c(NC(=O)c2cccnc2)c1)c1ccc(N2CCCS2=O)cc1. The van der Waals surface area contributed by atoms with Gasteiger partial charge in [0, 0.05) is 48.2 Å². The predicted octanol–water partition coefficient (Wildman–Crippen LogP) is 5.41. The van der Waals surface area contributed by atoms with Gasteiger partial charge in [0.05, 0.1) is 16.3 Å². The quantitative estimate of drug-likeness (QED) is 0.416. The van der Waals surface area contributed by atoms with Crippen LogP contribution in [0.25, 0.3) is 0 Å². The number of carbonyl (C=O) groups is 2. The van der Waals surface area contributed by atoms with Crippen molar-refractivity contribution in [1.82, 2.24) is 9.29 Å². The molecular formula is C28H34ClN5O3S2. The lowest BCUT2D eigenvalue weighted by molar-refractivity contribution is 0.101. The van der Waals surface area contributed by atoms with Gasteiger partial charge >= 0.3 is 0 Å². The van der Waals surface area contributed by atoms with Crippen LogP contribution in [0.2, 0.25) is 5.02 Å². The standard InChI is InChI=1S/C22H19ClN4O3S.C6H15NS/c23-19-9-6-17(13-20(19)26-22(29)16-3-1-10-24-14-16)25-21(28)15-4-7-18(8-5-15)27-11-2-12-31(27)30;1-7-5-4-6-8(7,2)3/h1,3-10,13-14H,2,11-12H2,(H,25,28)(H,26,29);4-6H2,1-3H3. The van der Waals surface area contributed by atoms with Crippen LogP contribution in [0.4, 0.5) is 17.1 Å². The first kappa shape index (κ1) is 29.1. The Morgan fingerprint density at radius 2 is 1.72 bits per heavy atom. The van der Waals surface area contributed by atoms with Crippen LogP contribution >= 0.6 is 21.8 Å². The zero-order chi connectivity index (χ0) is 28.0. The summed E-state index contributed by atoms with van der Waals surface area (Å²) in [6.07, 6.45) is 10.1. The van der Waals surface area contributed by atoms with Gasteiger partial charge in [0.2, 0.25) is 0 Å². The molecule has 1 aromatic heterocycles. The van der Waals surface area contributed by atoms with E-state index in [1.165, 1.54) is 24.9 Å². The molecule has 3 heterocycles. The Hall–Kier alpha value is -2.92. The summed E-state index contributed by atoms with van der Waals surface area (Å²) in [6.45, 7) is 2.07. The molecule has 2 N–H and O–H groups in total. The van der Waals surface area contributed by atoms with Crippen molar-refractivity contribution in [3.63, 3.8) is 0 Å². The van der Waals surface area contributed by atoms with Gasteiger partial charge in [-0.1, -0.05) is 11.6 Å². The first-order chi connectivity index (χ1) is 18.6. The van der Waals surface area contributed by atoms with Gasteiger partial charge in [-0.25, -0.2) is 4.21 Å². The monoisotopic (exact) mass is 587 g/mol. The molecule has 5 rings (SSSR count). The molecule has 11 heteroatoms. The second-order valence-corrected chi connectivity index (χ2v) is 15.7. The minimum absolute atomic E-state index is 0.292. The van der Waals surface area contributed by atoms with Gasteiger partial charge in [0.15, 0.2) is 0 Å². The van der Waals surface area contributed by atoms with Crippen LogP contribution in [0.1, 0.15) is 33.6 Å². The molecule has 2 aromatic carbocycles. The first-order valence-corrected chi connectivity index (χ1v) is 16.9. The fraction of sp³-hybridized carbons (Fsp3) is 0.321. The highest BCUT2D eigenvalue weighted by Gasteiger charge is 2.23. The number of nitrogens with one attached hydrogen (secondary N) is 2. The minimum atomic E-state index is -1.00. The Bertz CT molecular complexity index is 1340. The molecule has 208 valence electrons. The average Bonchev–Trinajstić information content (AvgIpc) is 3.50. The Balaban J connectivity index is 0.000000379. The number of hydrogen-bond donors (Lipinski definition) is 2. The molecule has 2 aliphatic heterocycles. The van der Waals surface area contributed by atoms with Gasteiger partial charge in [0.1, 0.15) is 11.0 Å². The Labute approximate surface area is 239 Å². The number of benzene rings is 2. The lowest BCUT2D eigenvalue weighted by Crippen LogP contribution is -2.19. The van der Waals surface area contributed by atoms with Crippen LogP contribution in [0.5, 0.6) is 0 Å². The fourth-order valence-electron chi connectivity index (χ4n) is 4.21. The number of aromatic nitrogens is 1. The van der Waals surface area contributed by atoms with Crippen molar-refractivity contribution >= 4 is 61.7 Å². The highest BCUT2D eigenvalue weighted by molar-refractivity contribution is 8.30. The summed E-state index contributed by atoms with van der Waals surface area (Å²) in [5.74, 6) is 1.46. The second kappa shape index (κ2) is 13.0. The second-order valence-electron chi connectivity index (χ2n) is 9.76. The van der Waals surface area contributed by atoms with Crippen molar-refractivity contribution in [3.8, 4) is 0 Å². The van der Waals surface area contributed by atoms with Gasteiger partial charge in [-0.3, -0.25) is 23.2 Å². The van der Waals surface area contributed by atoms with Crippen molar-refractivity contribution < 1.29 is 13.8 Å². The van der Waals surface area contributed by atoms with Crippen LogP contribution in [0.15, 0.2) is 67.0 Å². The Kier molecular flexibility index (Phi) is 9.66. The van der Waals surface area contributed by atoms with Crippen LogP contribution in [-0.4, -0.2) is 69.5 Å². The maximum absolute atomic E-state index is 12.6. The zero-order valence-electron chi connectivity index (χ0n) is 22.4. The molecule has 8 nitrogen and oxygen atoms in total. The maximum atomic E-state index is 12.6. The van der Waals surface area contributed by atoms with Crippen LogP contribution in [-0.2, 0) is 11.0 Å². The number of hydrogen-bond acceptors (Lipinski definition) is 5. The predicted molar refractivity (Wildman–Crippen MR) is 165 cm³/mol. The van der Waals surface area contributed by atoms with E-state index in [1.54, 1.807) is 60.8 Å².